The lowest BCUT2D eigenvalue weighted by Crippen LogP contribution is -2.07. The highest BCUT2D eigenvalue weighted by Gasteiger charge is 2.12. The van der Waals surface area contributed by atoms with Crippen molar-refractivity contribution in [3.63, 3.8) is 0 Å². The molecule has 0 amide bonds. The van der Waals surface area contributed by atoms with Crippen LogP contribution in [-0.4, -0.2) is 32.7 Å². The molecule has 112 valence electrons. The zero-order chi connectivity index (χ0) is 15.2. The van der Waals surface area contributed by atoms with E-state index in [1.807, 2.05) is 13.8 Å². The first-order valence-electron chi connectivity index (χ1n) is 7.03. The predicted octanol–water partition coefficient (Wildman–Crippen LogP) is 1.89. The highest BCUT2D eigenvalue weighted by Crippen LogP contribution is 2.15. The van der Waals surface area contributed by atoms with Gasteiger partial charge in [-0.2, -0.15) is 0 Å². The molecular weight excluding hydrogens is 270 g/mol. The van der Waals surface area contributed by atoms with Gasteiger partial charge in [-0.1, -0.05) is 19.1 Å². The average Bonchev–Trinajstić information content (AvgIpc) is 2.95. The number of aliphatic hydroxyl groups is 1. The van der Waals surface area contributed by atoms with Gasteiger partial charge in [-0.05, 0) is 37.1 Å². The summed E-state index contributed by atoms with van der Waals surface area (Å²) in [6, 6.07) is 6.98. The summed E-state index contributed by atoms with van der Waals surface area (Å²) in [6.45, 7) is 4.21. The Hall–Kier alpha value is -2.21. The number of esters is 1. The maximum absolute atomic E-state index is 11.7. The van der Waals surface area contributed by atoms with Crippen LogP contribution in [0.2, 0.25) is 0 Å². The minimum absolute atomic E-state index is 0.134. The number of carbonyl (C=O) groups excluding carboxylic acids is 1. The topological polar surface area (TPSA) is 77.2 Å². The fraction of sp³-hybridized carbons (Fsp3) is 0.400. The van der Waals surface area contributed by atoms with Crippen LogP contribution in [-0.2, 0) is 17.8 Å². The van der Waals surface area contributed by atoms with E-state index in [0.717, 1.165) is 17.8 Å². The van der Waals surface area contributed by atoms with Crippen LogP contribution in [0.3, 0.4) is 0 Å². The molecule has 1 N–H and O–H groups in total. The summed E-state index contributed by atoms with van der Waals surface area (Å²) < 4.78 is 6.76. The molecule has 0 aliphatic carbocycles. The number of nitrogens with zero attached hydrogens (tertiary/aromatic N) is 3. The number of hydrogen-bond donors (Lipinski definition) is 1. The zero-order valence-corrected chi connectivity index (χ0v) is 12.2. The van der Waals surface area contributed by atoms with Gasteiger partial charge in [-0.3, -0.25) is 0 Å². The lowest BCUT2D eigenvalue weighted by Gasteiger charge is -2.07. The molecule has 6 nitrogen and oxygen atoms in total. The first kappa shape index (κ1) is 15.2. The Labute approximate surface area is 123 Å². The van der Waals surface area contributed by atoms with E-state index < -0.39 is 0 Å². The third-order valence-corrected chi connectivity index (χ3v) is 3.11. The highest BCUT2D eigenvalue weighted by atomic mass is 16.5. The molecule has 0 aliphatic heterocycles. The third-order valence-electron chi connectivity index (χ3n) is 3.11. The first-order chi connectivity index (χ1) is 10.2. The molecule has 0 spiro atoms. The van der Waals surface area contributed by atoms with Crippen molar-refractivity contribution in [3.8, 4) is 5.69 Å². The summed E-state index contributed by atoms with van der Waals surface area (Å²) in [6.07, 6.45) is 1.51. The summed E-state index contributed by atoms with van der Waals surface area (Å²) >= 11 is 0. The largest absolute Gasteiger partial charge is 0.462 e. The average molecular weight is 289 g/mol. The molecule has 0 saturated carbocycles. The Morgan fingerprint density at radius 2 is 2.00 bits per heavy atom. The lowest BCUT2D eigenvalue weighted by atomic mass is 10.2. The molecule has 2 rings (SSSR count). The van der Waals surface area contributed by atoms with E-state index in [0.29, 0.717) is 24.3 Å². The number of aromatic nitrogens is 3. The highest BCUT2D eigenvalue weighted by molar-refractivity contribution is 5.89. The molecule has 1 aromatic heterocycles. The van der Waals surface area contributed by atoms with E-state index >= 15 is 0 Å². The van der Waals surface area contributed by atoms with Crippen molar-refractivity contribution in [2.75, 3.05) is 6.61 Å². The third kappa shape index (κ3) is 3.28. The van der Waals surface area contributed by atoms with Gasteiger partial charge in [0.1, 0.15) is 5.69 Å². The van der Waals surface area contributed by atoms with Gasteiger partial charge in [0.15, 0.2) is 0 Å². The summed E-state index contributed by atoms with van der Waals surface area (Å²) in [5.74, 6) is -0.325. The summed E-state index contributed by atoms with van der Waals surface area (Å²) in [5, 5.41) is 17.2. The molecule has 0 aliphatic rings. The Balaban J connectivity index is 2.23. The van der Waals surface area contributed by atoms with Crippen LogP contribution in [0, 0.1) is 0 Å². The molecule has 1 aromatic carbocycles. The number of benzene rings is 1. The van der Waals surface area contributed by atoms with Crippen molar-refractivity contribution < 1.29 is 14.6 Å². The second-order valence-electron chi connectivity index (χ2n) is 4.59. The van der Waals surface area contributed by atoms with Crippen LogP contribution in [0.15, 0.2) is 24.3 Å². The Morgan fingerprint density at radius 3 is 2.57 bits per heavy atom. The standard InChI is InChI=1S/C15H19N3O3/c1-3-9-21-15(20)11-5-7-12(8-6-11)18-14(4-2)13(10-19)16-17-18/h5-8,19H,3-4,9-10H2,1-2H3. The Bertz CT molecular complexity index is 605. The molecule has 0 fully saturated rings. The van der Waals surface area contributed by atoms with Gasteiger partial charge in [0, 0.05) is 0 Å². The summed E-state index contributed by atoms with van der Waals surface area (Å²) in [4.78, 5) is 11.7. The Kier molecular flexibility index (Phi) is 5.05. The van der Waals surface area contributed by atoms with E-state index in [1.165, 1.54) is 0 Å². The van der Waals surface area contributed by atoms with Crippen LogP contribution in [0.25, 0.3) is 5.69 Å². The van der Waals surface area contributed by atoms with E-state index in [1.54, 1.807) is 28.9 Å². The maximum atomic E-state index is 11.7. The van der Waals surface area contributed by atoms with Crippen molar-refractivity contribution in [3.05, 3.63) is 41.2 Å². The molecule has 1 heterocycles. The van der Waals surface area contributed by atoms with Gasteiger partial charge in [0.05, 0.1) is 30.2 Å². The number of hydrogen-bond acceptors (Lipinski definition) is 5. The van der Waals surface area contributed by atoms with E-state index in [4.69, 9.17) is 4.74 Å². The van der Waals surface area contributed by atoms with Crippen LogP contribution in [0.4, 0.5) is 0 Å². The molecule has 0 bridgehead atoms. The van der Waals surface area contributed by atoms with Crippen molar-refractivity contribution in [1.29, 1.82) is 0 Å². The van der Waals surface area contributed by atoms with E-state index in [2.05, 4.69) is 10.3 Å². The minimum Gasteiger partial charge on any atom is -0.462 e. The first-order valence-corrected chi connectivity index (χ1v) is 7.03. The quantitative estimate of drug-likeness (QED) is 0.822. The molecule has 0 atom stereocenters. The molecule has 0 radical (unpaired) electrons. The van der Waals surface area contributed by atoms with Crippen LogP contribution in [0.5, 0.6) is 0 Å². The monoisotopic (exact) mass is 289 g/mol. The number of carbonyl (C=O) groups is 1. The smallest absolute Gasteiger partial charge is 0.338 e. The minimum atomic E-state index is -0.325. The van der Waals surface area contributed by atoms with Gasteiger partial charge < -0.3 is 9.84 Å². The molecular formula is C15H19N3O3. The van der Waals surface area contributed by atoms with Crippen molar-refractivity contribution >= 4 is 5.97 Å². The fourth-order valence-corrected chi connectivity index (χ4v) is 2.03. The van der Waals surface area contributed by atoms with Crippen LogP contribution >= 0.6 is 0 Å². The van der Waals surface area contributed by atoms with Gasteiger partial charge in [0.2, 0.25) is 0 Å². The molecule has 2 aromatic rings. The summed E-state index contributed by atoms with van der Waals surface area (Å²) in [7, 11) is 0. The SMILES string of the molecule is CCCOC(=O)c1ccc(-n2nnc(CO)c2CC)cc1. The zero-order valence-electron chi connectivity index (χ0n) is 12.2. The van der Waals surface area contributed by atoms with Crippen molar-refractivity contribution in [2.45, 2.75) is 33.3 Å². The number of ether oxygens (including phenoxy) is 1. The lowest BCUT2D eigenvalue weighted by molar-refractivity contribution is 0.0505. The second kappa shape index (κ2) is 6.99. The number of rotatable bonds is 6. The van der Waals surface area contributed by atoms with Gasteiger partial charge in [0.25, 0.3) is 0 Å². The molecule has 0 unspecified atom stereocenters. The van der Waals surface area contributed by atoms with Gasteiger partial charge in [-0.15, -0.1) is 5.10 Å². The molecule has 0 saturated heterocycles. The predicted molar refractivity (Wildman–Crippen MR) is 77.2 cm³/mol. The second-order valence-corrected chi connectivity index (χ2v) is 4.59. The van der Waals surface area contributed by atoms with Crippen molar-refractivity contribution in [1.82, 2.24) is 15.0 Å². The fourth-order valence-electron chi connectivity index (χ4n) is 2.03. The Morgan fingerprint density at radius 1 is 1.29 bits per heavy atom. The maximum Gasteiger partial charge on any atom is 0.338 e. The molecule has 6 heteroatoms. The van der Waals surface area contributed by atoms with Gasteiger partial charge in [-0.25, -0.2) is 9.48 Å². The van der Waals surface area contributed by atoms with Crippen molar-refractivity contribution in [2.24, 2.45) is 0 Å². The van der Waals surface area contributed by atoms with Crippen LogP contribution in [0.1, 0.15) is 42.0 Å². The van der Waals surface area contributed by atoms with Gasteiger partial charge >= 0.3 is 5.97 Å². The molecule has 21 heavy (non-hydrogen) atoms. The number of aliphatic hydroxyl groups excluding tert-OH is 1. The summed E-state index contributed by atoms with van der Waals surface area (Å²) in [5.41, 5.74) is 2.74. The van der Waals surface area contributed by atoms with E-state index in [-0.39, 0.29) is 12.6 Å². The normalized spacial score (nSPS) is 10.6. The van der Waals surface area contributed by atoms with E-state index in [9.17, 15) is 9.90 Å². The van der Waals surface area contributed by atoms with Crippen LogP contribution < -0.4 is 0 Å².